The molecule has 16 heavy (non-hydrogen) atoms. The number of amides is 1. The number of hydrogen-bond acceptors (Lipinski definition) is 3. The fourth-order valence-corrected chi connectivity index (χ4v) is 2.72. The molecule has 2 fully saturated rings. The van der Waals surface area contributed by atoms with Crippen molar-refractivity contribution in [1.82, 2.24) is 9.80 Å². The highest BCUT2D eigenvalue weighted by Gasteiger charge is 2.35. The minimum Gasteiger partial charge on any atom is -0.338 e. The quantitative estimate of drug-likeness (QED) is 0.694. The first kappa shape index (κ1) is 11.4. The summed E-state index contributed by atoms with van der Waals surface area (Å²) >= 11 is 0. The van der Waals surface area contributed by atoms with Crippen LogP contribution in [0.5, 0.6) is 0 Å². The zero-order chi connectivity index (χ0) is 11.5. The van der Waals surface area contributed by atoms with Gasteiger partial charge in [-0.3, -0.25) is 4.79 Å². The van der Waals surface area contributed by atoms with Crippen LogP contribution in [-0.4, -0.2) is 47.9 Å². The molecule has 0 aromatic heterocycles. The van der Waals surface area contributed by atoms with Crippen LogP contribution in [0.25, 0.3) is 0 Å². The summed E-state index contributed by atoms with van der Waals surface area (Å²) in [5, 5.41) is 8.84. The molecule has 2 rings (SSSR count). The van der Waals surface area contributed by atoms with Crippen molar-refractivity contribution < 1.29 is 4.79 Å². The van der Waals surface area contributed by atoms with Crippen LogP contribution in [0, 0.1) is 17.2 Å². The van der Waals surface area contributed by atoms with E-state index in [1.165, 1.54) is 0 Å². The van der Waals surface area contributed by atoms with Crippen LogP contribution in [-0.2, 0) is 4.79 Å². The largest absolute Gasteiger partial charge is 0.338 e. The first-order chi connectivity index (χ1) is 7.74. The fourth-order valence-electron chi connectivity index (χ4n) is 2.72. The highest BCUT2D eigenvalue weighted by molar-refractivity contribution is 5.79. The molecule has 0 aliphatic carbocycles. The molecule has 4 heteroatoms. The third kappa shape index (κ3) is 2.19. The van der Waals surface area contributed by atoms with E-state index in [4.69, 9.17) is 5.26 Å². The Hall–Kier alpha value is -1.08. The zero-order valence-corrected chi connectivity index (χ0v) is 9.85. The van der Waals surface area contributed by atoms with Gasteiger partial charge in [0.15, 0.2) is 0 Å². The number of likely N-dealkylation sites (tertiary alicyclic amines) is 2. The summed E-state index contributed by atoms with van der Waals surface area (Å²) in [6.07, 6.45) is 2.57. The van der Waals surface area contributed by atoms with Crippen molar-refractivity contribution in [1.29, 1.82) is 5.26 Å². The van der Waals surface area contributed by atoms with E-state index in [1.807, 2.05) is 4.90 Å². The normalized spacial score (nSPS) is 28.4. The van der Waals surface area contributed by atoms with Crippen molar-refractivity contribution in [3.05, 3.63) is 0 Å². The Balaban J connectivity index is 1.90. The van der Waals surface area contributed by atoms with E-state index in [9.17, 15) is 4.79 Å². The van der Waals surface area contributed by atoms with Gasteiger partial charge in [0, 0.05) is 32.1 Å². The van der Waals surface area contributed by atoms with Crippen LogP contribution in [0.4, 0.5) is 0 Å². The second kappa shape index (κ2) is 4.84. The maximum absolute atomic E-state index is 11.8. The van der Waals surface area contributed by atoms with E-state index >= 15 is 0 Å². The van der Waals surface area contributed by atoms with E-state index in [0.29, 0.717) is 19.0 Å². The third-order valence-corrected chi connectivity index (χ3v) is 3.79. The average molecular weight is 221 g/mol. The Bertz CT molecular complexity index is 302. The monoisotopic (exact) mass is 221 g/mol. The smallest absolute Gasteiger partial charge is 0.224 e. The van der Waals surface area contributed by atoms with E-state index in [-0.39, 0.29) is 11.8 Å². The van der Waals surface area contributed by atoms with Crippen LogP contribution in [0.3, 0.4) is 0 Å². The number of carbonyl (C=O) groups excluding carboxylic acids is 1. The predicted molar refractivity (Wildman–Crippen MR) is 60.6 cm³/mol. The zero-order valence-electron chi connectivity index (χ0n) is 9.85. The van der Waals surface area contributed by atoms with Gasteiger partial charge in [0.2, 0.25) is 5.91 Å². The molecule has 4 nitrogen and oxygen atoms in total. The highest BCUT2D eigenvalue weighted by atomic mass is 16.2. The van der Waals surface area contributed by atoms with Gasteiger partial charge in [-0.1, -0.05) is 6.92 Å². The van der Waals surface area contributed by atoms with Crippen LogP contribution >= 0.6 is 0 Å². The Labute approximate surface area is 96.8 Å². The Kier molecular flexibility index (Phi) is 3.45. The summed E-state index contributed by atoms with van der Waals surface area (Å²) in [5.41, 5.74) is 0. The molecule has 1 atom stereocenters. The van der Waals surface area contributed by atoms with Crippen LogP contribution < -0.4 is 0 Å². The van der Waals surface area contributed by atoms with Crippen molar-refractivity contribution >= 4 is 5.91 Å². The van der Waals surface area contributed by atoms with Crippen molar-refractivity contribution in [2.75, 3.05) is 26.2 Å². The van der Waals surface area contributed by atoms with Crippen LogP contribution in [0.2, 0.25) is 0 Å². The number of hydrogen-bond donors (Lipinski definition) is 0. The second-order valence-electron chi connectivity index (χ2n) is 4.74. The number of nitrogens with zero attached hydrogens (tertiary/aromatic N) is 3. The standard InChI is InChI=1S/C12H19N3O/c1-2-14-5-3-11(4-6-14)15-9-10(8-13)7-12(15)16/h10-11H,2-7,9H2,1H3. The highest BCUT2D eigenvalue weighted by Crippen LogP contribution is 2.24. The minimum atomic E-state index is -0.0725. The molecule has 0 radical (unpaired) electrons. The van der Waals surface area contributed by atoms with Gasteiger partial charge in [-0.15, -0.1) is 0 Å². The van der Waals surface area contributed by atoms with Gasteiger partial charge in [0.1, 0.15) is 0 Å². The molecule has 0 saturated carbocycles. The maximum atomic E-state index is 11.8. The van der Waals surface area contributed by atoms with Crippen molar-refractivity contribution in [3.63, 3.8) is 0 Å². The summed E-state index contributed by atoms with van der Waals surface area (Å²) in [4.78, 5) is 16.1. The summed E-state index contributed by atoms with van der Waals surface area (Å²) in [5.74, 6) is 0.109. The number of piperidine rings is 1. The summed E-state index contributed by atoms with van der Waals surface area (Å²) < 4.78 is 0. The lowest BCUT2D eigenvalue weighted by molar-refractivity contribution is -0.130. The molecule has 2 aliphatic rings. The van der Waals surface area contributed by atoms with Gasteiger partial charge >= 0.3 is 0 Å². The topological polar surface area (TPSA) is 47.3 Å². The summed E-state index contributed by atoms with van der Waals surface area (Å²) in [7, 11) is 0. The maximum Gasteiger partial charge on any atom is 0.224 e. The van der Waals surface area contributed by atoms with E-state index < -0.39 is 0 Å². The molecule has 0 spiro atoms. The molecular weight excluding hydrogens is 202 g/mol. The minimum absolute atomic E-state index is 0.0725. The lowest BCUT2D eigenvalue weighted by Crippen LogP contribution is -2.45. The Morgan fingerprint density at radius 1 is 1.44 bits per heavy atom. The first-order valence-corrected chi connectivity index (χ1v) is 6.16. The fraction of sp³-hybridized carbons (Fsp3) is 0.833. The lowest BCUT2D eigenvalue weighted by Gasteiger charge is -2.36. The summed E-state index contributed by atoms with van der Waals surface area (Å²) in [6.45, 7) is 6.10. The van der Waals surface area contributed by atoms with Gasteiger partial charge in [-0.05, 0) is 19.4 Å². The lowest BCUT2D eigenvalue weighted by atomic mass is 10.0. The molecule has 88 valence electrons. The Morgan fingerprint density at radius 2 is 2.12 bits per heavy atom. The van der Waals surface area contributed by atoms with E-state index in [0.717, 1.165) is 32.5 Å². The van der Waals surface area contributed by atoms with Gasteiger partial charge < -0.3 is 9.80 Å². The molecule has 0 N–H and O–H groups in total. The van der Waals surface area contributed by atoms with Gasteiger partial charge in [0.05, 0.1) is 12.0 Å². The van der Waals surface area contributed by atoms with Gasteiger partial charge in [0.25, 0.3) is 0 Å². The average Bonchev–Trinajstić information content (AvgIpc) is 2.71. The molecule has 0 aromatic rings. The van der Waals surface area contributed by atoms with Crippen LogP contribution in [0.1, 0.15) is 26.2 Å². The van der Waals surface area contributed by atoms with Crippen molar-refractivity contribution in [2.45, 2.75) is 32.2 Å². The Morgan fingerprint density at radius 3 is 2.62 bits per heavy atom. The van der Waals surface area contributed by atoms with E-state index in [2.05, 4.69) is 17.9 Å². The molecule has 2 heterocycles. The first-order valence-electron chi connectivity index (χ1n) is 6.16. The number of carbonyl (C=O) groups is 1. The molecule has 2 aliphatic heterocycles. The molecule has 2 saturated heterocycles. The SMILES string of the molecule is CCN1CCC(N2CC(C#N)CC2=O)CC1. The van der Waals surface area contributed by atoms with E-state index in [1.54, 1.807) is 0 Å². The van der Waals surface area contributed by atoms with Gasteiger partial charge in [-0.25, -0.2) is 0 Å². The summed E-state index contributed by atoms with van der Waals surface area (Å²) in [6, 6.07) is 2.59. The second-order valence-corrected chi connectivity index (χ2v) is 4.74. The molecule has 1 unspecified atom stereocenters. The number of nitriles is 1. The predicted octanol–water partition coefficient (Wildman–Crippen LogP) is 0.843. The molecule has 0 bridgehead atoms. The number of rotatable bonds is 2. The van der Waals surface area contributed by atoms with Crippen molar-refractivity contribution in [2.24, 2.45) is 5.92 Å². The molecular formula is C12H19N3O. The molecule has 1 amide bonds. The van der Waals surface area contributed by atoms with Crippen LogP contribution in [0.15, 0.2) is 0 Å². The van der Waals surface area contributed by atoms with Crippen molar-refractivity contribution in [3.8, 4) is 6.07 Å². The molecule has 0 aromatic carbocycles. The van der Waals surface area contributed by atoms with Gasteiger partial charge in [-0.2, -0.15) is 5.26 Å². The third-order valence-electron chi connectivity index (χ3n) is 3.79.